The predicted octanol–water partition coefficient (Wildman–Crippen LogP) is 4.35. The fourth-order valence-electron chi connectivity index (χ4n) is 2.94. The molecule has 0 aliphatic carbocycles. The molecule has 8 heteroatoms. The molecule has 4 aromatic rings. The Morgan fingerprint density at radius 2 is 1.93 bits per heavy atom. The molecule has 0 saturated carbocycles. The van der Waals surface area contributed by atoms with Crippen LogP contribution in [0.3, 0.4) is 0 Å². The van der Waals surface area contributed by atoms with Crippen molar-refractivity contribution < 1.29 is 5.11 Å². The first-order chi connectivity index (χ1) is 13.7. The Morgan fingerprint density at radius 3 is 2.75 bits per heavy atom. The molecular weight excluding hydrogens is 372 g/mol. The van der Waals surface area contributed by atoms with Gasteiger partial charge < -0.3 is 15.3 Å². The summed E-state index contributed by atoms with van der Waals surface area (Å²) in [5.74, 6) is 0.750. The number of nitrogens with zero attached hydrogens (tertiary/aromatic N) is 5. The molecular formula is C20H20N6OS. The number of fused-ring (bicyclic) bond motifs is 1. The molecule has 7 nitrogen and oxygen atoms in total. The van der Waals surface area contributed by atoms with E-state index in [1.807, 2.05) is 46.8 Å². The number of aromatic nitrogens is 4. The van der Waals surface area contributed by atoms with Crippen molar-refractivity contribution in [2.24, 2.45) is 0 Å². The van der Waals surface area contributed by atoms with Crippen LogP contribution in [0.1, 0.15) is 18.9 Å². The summed E-state index contributed by atoms with van der Waals surface area (Å²) in [6, 6.07) is 15.7. The van der Waals surface area contributed by atoms with Crippen molar-refractivity contribution >= 4 is 39.1 Å². The Hall–Kier alpha value is -3.26. The van der Waals surface area contributed by atoms with Crippen molar-refractivity contribution in [2.75, 3.05) is 16.8 Å². The molecule has 0 bridgehead atoms. The molecule has 0 fully saturated rings. The topological polar surface area (TPSA) is 87.1 Å². The minimum absolute atomic E-state index is 0.305. The summed E-state index contributed by atoms with van der Waals surface area (Å²) in [5.41, 5.74) is 4.75. The third-order valence-electron chi connectivity index (χ3n) is 4.19. The van der Waals surface area contributed by atoms with Crippen LogP contribution in [-0.4, -0.2) is 31.6 Å². The number of hydrogen-bond donors (Lipinski definition) is 2. The monoisotopic (exact) mass is 392 g/mol. The lowest BCUT2D eigenvalue weighted by atomic mass is 10.2. The maximum atomic E-state index is 10.1. The van der Waals surface area contributed by atoms with Crippen LogP contribution in [0.4, 0.5) is 17.6 Å². The summed E-state index contributed by atoms with van der Waals surface area (Å²) in [6.45, 7) is 3.53. The van der Waals surface area contributed by atoms with Crippen molar-refractivity contribution in [3.8, 4) is 6.01 Å². The van der Waals surface area contributed by atoms with E-state index in [1.54, 1.807) is 11.3 Å². The third kappa shape index (κ3) is 4.17. The van der Waals surface area contributed by atoms with Crippen LogP contribution in [0.15, 0.2) is 54.0 Å². The molecule has 0 saturated heterocycles. The Bertz CT molecular complexity index is 1070. The van der Waals surface area contributed by atoms with Crippen LogP contribution < -0.4 is 10.2 Å². The highest BCUT2D eigenvalue weighted by molar-refractivity contribution is 7.16. The molecule has 0 aliphatic rings. The zero-order valence-electron chi connectivity index (χ0n) is 15.4. The number of thiazole rings is 1. The summed E-state index contributed by atoms with van der Waals surface area (Å²) in [7, 11) is 0. The quantitative estimate of drug-likeness (QED) is 0.483. The van der Waals surface area contributed by atoms with E-state index in [1.165, 1.54) is 0 Å². The summed E-state index contributed by atoms with van der Waals surface area (Å²) >= 11 is 1.57. The fraction of sp³-hybridized carbons (Fsp3) is 0.200. The maximum Gasteiger partial charge on any atom is 0.320 e. The number of hydrogen-bond acceptors (Lipinski definition) is 8. The molecule has 0 radical (unpaired) electrons. The average Bonchev–Trinajstić information content (AvgIpc) is 3.16. The zero-order chi connectivity index (χ0) is 19.3. The van der Waals surface area contributed by atoms with E-state index in [0.29, 0.717) is 18.4 Å². The molecule has 0 unspecified atom stereocenters. The van der Waals surface area contributed by atoms with Gasteiger partial charge in [-0.25, -0.2) is 4.98 Å². The minimum atomic E-state index is -0.305. The highest BCUT2D eigenvalue weighted by Gasteiger charge is 2.14. The second kappa shape index (κ2) is 8.18. The van der Waals surface area contributed by atoms with Gasteiger partial charge in [0, 0.05) is 18.8 Å². The van der Waals surface area contributed by atoms with Gasteiger partial charge in [0.05, 0.1) is 15.7 Å². The van der Waals surface area contributed by atoms with E-state index in [0.717, 1.165) is 34.4 Å². The molecule has 2 aromatic carbocycles. The van der Waals surface area contributed by atoms with E-state index in [9.17, 15) is 5.11 Å². The number of benzene rings is 2. The van der Waals surface area contributed by atoms with Crippen LogP contribution in [0.25, 0.3) is 10.2 Å². The normalized spacial score (nSPS) is 10.9. The first-order valence-electron chi connectivity index (χ1n) is 9.05. The number of nitrogens with one attached hydrogen (secondary N) is 1. The van der Waals surface area contributed by atoms with Crippen molar-refractivity contribution in [3.63, 3.8) is 0 Å². The standard InChI is InChI=1S/C20H20N6OS/c1-2-10-26(12-14-6-4-3-5-7-14)19-23-18(24-20(27)25-19)22-15-8-9-16-17(11-15)28-13-21-16/h3-9,11,13H,2,10,12H2,1H3,(H2,22,23,24,25,27). The highest BCUT2D eigenvalue weighted by atomic mass is 32.1. The summed E-state index contributed by atoms with van der Waals surface area (Å²) in [5, 5.41) is 13.2. The van der Waals surface area contributed by atoms with Gasteiger partial charge in [0.2, 0.25) is 11.9 Å². The lowest BCUT2D eigenvalue weighted by Crippen LogP contribution is -2.26. The minimum Gasteiger partial charge on any atom is -0.479 e. The molecule has 2 heterocycles. The van der Waals surface area contributed by atoms with Gasteiger partial charge in [-0.1, -0.05) is 37.3 Å². The van der Waals surface area contributed by atoms with Crippen molar-refractivity contribution in [2.45, 2.75) is 19.9 Å². The van der Waals surface area contributed by atoms with Gasteiger partial charge in [0.15, 0.2) is 0 Å². The Kier molecular flexibility index (Phi) is 5.29. The van der Waals surface area contributed by atoms with Gasteiger partial charge in [-0.2, -0.15) is 15.0 Å². The van der Waals surface area contributed by atoms with Crippen LogP contribution in [0.2, 0.25) is 0 Å². The summed E-state index contributed by atoms with van der Waals surface area (Å²) < 4.78 is 1.07. The largest absolute Gasteiger partial charge is 0.479 e. The first-order valence-corrected chi connectivity index (χ1v) is 9.93. The van der Waals surface area contributed by atoms with Crippen molar-refractivity contribution in [1.82, 2.24) is 19.9 Å². The molecule has 2 N–H and O–H groups in total. The zero-order valence-corrected chi connectivity index (χ0v) is 16.2. The predicted molar refractivity (Wildman–Crippen MR) is 112 cm³/mol. The Balaban J connectivity index is 1.60. The lowest BCUT2D eigenvalue weighted by molar-refractivity contribution is 0.428. The van der Waals surface area contributed by atoms with E-state index < -0.39 is 0 Å². The lowest BCUT2D eigenvalue weighted by Gasteiger charge is -2.22. The molecule has 28 heavy (non-hydrogen) atoms. The third-order valence-corrected chi connectivity index (χ3v) is 4.98. The van der Waals surface area contributed by atoms with Crippen LogP contribution in [0, 0.1) is 0 Å². The van der Waals surface area contributed by atoms with Crippen LogP contribution in [0.5, 0.6) is 6.01 Å². The fourth-order valence-corrected chi connectivity index (χ4v) is 3.65. The molecule has 0 spiro atoms. The molecule has 4 rings (SSSR count). The van der Waals surface area contributed by atoms with Crippen molar-refractivity contribution in [1.29, 1.82) is 0 Å². The second-order valence-electron chi connectivity index (χ2n) is 6.33. The molecule has 0 aliphatic heterocycles. The van der Waals surface area contributed by atoms with E-state index in [-0.39, 0.29) is 6.01 Å². The number of anilines is 3. The smallest absolute Gasteiger partial charge is 0.320 e. The number of aromatic hydroxyl groups is 1. The van der Waals surface area contributed by atoms with E-state index >= 15 is 0 Å². The molecule has 142 valence electrons. The van der Waals surface area contributed by atoms with Gasteiger partial charge in [-0.05, 0) is 30.2 Å². The second-order valence-corrected chi connectivity index (χ2v) is 7.21. The summed E-state index contributed by atoms with van der Waals surface area (Å²) in [4.78, 5) is 19.0. The van der Waals surface area contributed by atoms with E-state index in [2.05, 4.69) is 44.3 Å². The van der Waals surface area contributed by atoms with Gasteiger partial charge in [0.25, 0.3) is 0 Å². The van der Waals surface area contributed by atoms with Gasteiger partial charge >= 0.3 is 6.01 Å². The molecule has 0 atom stereocenters. The maximum absolute atomic E-state index is 10.1. The summed E-state index contributed by atoms with van der Waals surface area (Å²) in [6.07, 6.45) is 0.935. The Morgan fingerprint density at radius 1 is 1.07 bits per heavy atom. The molecule has 2 aromatic heterocycles. The van der Waals surface area contributed by atoms with Gasteiger partial charge in [0.1, 0.15) is 0 Å². The number of rotatable bonds is 7. The average molecular weight is 392 g/mol. The van der Waals surface area contributed by atoms with E-state index in [4.69, 9.17) is 0 Å². The van der Waals surface area contributed by atoms with Crippen LogP contribution >= 0.6 is 11.3 Å². The van der Waals surface area contributed by atoms with Crippen LogP contribution in [-0.2, 0) is 6.54 Å². The van der Waals surface area contributed by atoms with Gasteiger partial charge in [-0.3, -0.25) is 0 Å². The SMILES string of the molecule is CCCN(Cc1ccccc1)c1nc(O)nc(Nc2ccc3ncsc3c2)n1. The Labute approximate surface area is 166 Å². The van der Waals surface area contributed by atoms with Crippen molar-refractivity contribution in [3.05, 3.63) is 59.6 Å². The molecule has 0 amide bonds. The highest BCUT2D eigenvalue weighted by Crippen LogP contribution is 2.25. The van der Waals surface area contributed by atoms with Gasteiger partial charge in [-0.15, -0.1) is 11.3 Å². The first kappa shape index (κ1) is 18.1.